The first-order valence-electron chi connectivity index (χ1n) is 11.0. The lowest BCUT2D eigenvalue weighted by Crippen LogP contribution is -2.40. The molecular weight excluding hydrogens is 530 g/mol. The van der Waals surface area contributed by atoms with Crippen LogP contribution in [0.5, 0.6) is 0 Å². The summed E-state index contributed by atoms with van der Waals surface area (Å²) < 4.78 is 56.7. The molecule has 2 heterocycles. The number of nitrogens with one attached hydrogen (secondary N) is 1. The molecule has 18 heteroatoms. The highest BCUT2D eigenvalue weighted by molar-refractivity contribution is 7.47. The highest BCUT2D eigenvalue weighted by Gasteiger charge is 2.51. The maximum Gasteiger partial charge on any atom is 0.472 e. The van der Waals surface area contributed by atoms with E-state index in [0.717, 1.165) is 16.8 Å². The lowest BCUT2D eigenvalue weighted by molar-refractivity contribution is -0.0626. The quantitative estimate of drug-likeness (QED) is 0.121. The second-order valence-corrected chi connectivity index (χ2v) is 10.5. The van der Waals surface area contributed by atoms with Gasteiger partial charge >= 0.3 is 21.3 Å². The normalized spacial score (nSPS) is 25.5. The number of H-pyrrole nitrogens is 1. The molecule has 1 aromatic rings. The van der Waals surface area contributed by atoms with Gasteiger partial charge in [0.25, 0.3) is 5.56 Å². The van der Waals surface area contributed by atoms with Crippen molar-refractivity contribution in [2.75, 3.05) is 40.1 Å². The minimum absolute atomic E-state index is 0.123. The predicted octanol–water partition coefficient (Wildman–Crippen LogP) is -0.370. The summed E-state index contributed by atoms with van der Waals surface area (Å²) >= 11 is 0. The Morgan fingerprint density at radius 1 is 0.972 bits per heavy atom. The summed E-state index contributed by atoms with van der Waals surface area (Å²) in [6, 6.07) is 1.04. The van der Waals surface area contributed by atoms with Crippen LogP contribution in [0, 0.1) is 0 Å². The number of aliphatic hydroxyl groups excluding tert-OH is 2. The van der Waals surface area contributed by atoms with Crippen LogP contribution in [0.1, 0.15) is 31.9 Å². The Hall–Kier alpha value is -1.26. The smallest absolute Gasteiger partial charge is 0.396 e. The van der Waals surface area contributed by atoms with E-state index in [4.69, 9.17) is 37.8 Å². The number of phosphoric acid groups is 2. The SMILES string of the molecule is COC1[C@H](n2ccc(=O)[nH]c2=O)O[C@H](COP(=O)(O)OCCCCO)[C@H]1OP(=O)(O)OCCCCO. The summed E-state index contributed by atoms with van der Waals surface area (Å²) in [5, 5.41) is 17.6. The number of ether oxygens (including phenoxy) is 2. The van der Waals surface area contributed by atoms with Crippen LogP contribution in [-0.4, -0.2) is 88.0 Å². The van der Waals surface area contributed by atoms with Crippen molar-refractivity contribution in [2.24, 2.45) is 0 Å². The second kappa shape index (κ2) is 14.6. The average molecular weight is 562 g/mol. The van der Waals surface area contributed by atoms with Gasteiger partial charge in [0.05, 0.1) is 19.8 Å². The molecule has 0 bridgehead atoms. The minimum atomic E-state index is -4.73. The molecule has 0 aromatic carbocycles. The Labute approximate surface area is 205 Å². The van der Waals surface area contributed by atoms with E-state index in [1.54, 1.807) is 0 Å². The van der Waals surface area contributed by atoms with Crippen molar-refractivity contribution < 1.29 is 56.7 Å². The monoisotopic (exact) mass is 562 g/mol. The standard InChI is InChI=1S/C18H32N2O14P2/c1-29-16-15(34-36(27,28)31-11-5-3-9-22)13(12-32-35(25,26)30-10-4-2-8-21)33-17(16)20-7-6-14(23)19-18(20)24/h6-7,13,15-17,21-22H,2-5,8-12H2,1H3,(H,25,26)(H,27,28)(H,19,23,24)/t13-,15-,16?,17-/m1/s1. The lowest BCUT2D eigenvalue weighted by atomic mass is 10.1. The third-order valence-corrected chi connectivity index (χ3v) is 6.96. The van der Waals surface area contributed by atoms with Gasteiger partial charge in [-0.1, -0.05) is 0 Å². The largest absolute Gasteiger partial charge is 0.472 e. The number of methoxy groups -OCH3 is 1. The fourth-order valence-corrected chi connectivity index (χ4v) is 5.00. The number of aromatic nitrogens is 2. The van der Waals surface area contributed by atoms with E-state index in [1.807, 2.05) is 4.98 Å². The highest BCUT2D eigenvalue weighted by Crippen LogP contribution is 2.50. The Morgan fingerprint density at radius 3 is 2.14 bits per heavy atom. The van der Waals surface area contributed by atoms with Gasteiger partial charge < -0.3 is 29.5 Å². The molecule has 208 valence electrons. The van der Waals surface area contributed by atoms with E-state index >= 15 is 0 Å². The summed E-state index contributed by atoms with van der Waals surface area (Å²) in [5.41, 5.74) is -1.55. The Morgan fingerprint density at radius 2 is 1.58 bits per heavy atom. The zero-order valence-corrected chi connectivity index (χ0v) is 21.3. The Kier molecular flexibility index (Phi) is 12.6. The predicted molar refractivity (Wildman–Crippen MR) is 121 cm³/mol. The van der Waals surface area contributed by atoms with Gasteiger partial charge in [-0.05, 0) is 25.7 Å². The summed E-state index contributed by atoms with van der Waals surface area (Å²) in [7, 11) is -8.10. The first-order valence-corrected chi connectivity index (χ1v) is 14.0. The summed E-state index contributed by atoms with van der Waals surface area (Å²) in [4.78, 5) is 45.9. The van der Waals surface area contributed by atoms with Gasteiger partial charge in [-0.2, -0.15) is 0 Å². The molecule has 3 unspecified atom stereocenters. The van der Waals surface area contributed by atoms with Crippen LogP contribution in [0.2, 0.25) is 0 Å². The van der Waals surface area contributed by atoms with Gasteiger partial charge in [0.15, 0.2) is 6.23 Å². The number of hydrogen-bond acceptors (Lipinski definition) is 12. The molecule has 0 saturated carbocycles. The van der Waals surface area contributed by atoms with Crippen molar-refractivity contribution in [2.45, 2.75) is 50.2 Å². The zero-order valence-electron chi connectivity index (χ0n) is 19.5. The van der Waals surface area contributed by atoms with Crippen molar-refractivity contribution in [1.82, 2.24) is 9.55 Å². The van der Waals surface area contributed by atoms with E-state index < -0.39 is 58.0 Å². The molecule has 1 aliphatic heterocycles. The van der Waals surface area contributed by atoms with Crippen molar-refractivity contribution >= 4 is 15.6 Å². The van der Waals surface area contributed by atoms with E-state index in [1.165, 1.54) is 7.11 Å². The third kappa shape index (κ3) is 9.56. The molecule has 0 amide bonds. The minimum Gasteiger partial charge on any atom is -0.396 e. The molecule has 2 rings (SSSR count). The summed E-state index contributed by atoms with van der Waals surface area (Å²) in [6.07, 6.45) is -2.96. The molecule has 0 spiro atoms. The molecule has 0 radical (unpaired) electrons. The van der Waals surface area contributed by atoms with Crippen molar-refractivity contribution in [3.63, 3.8) is 0 Å². The van der Waals surface area contributed by atoms with Gasteiger partial charge in [-0.15, -0.1) is 0 Å². The first kappa shape index (κ1) is 31.0. The maximum atomic E-state index is 12.5. The molecule has 1 fully saturated rings. The number of rotatable bonds is 17. The number of aromatic amines is 1. The van der Waals surface area contributed by atoms with Crippen LogP contribution in [-0.2, 0) is 36.7 Å². The van der Waals surface area contributed by atoms with Crippen molar-refractivity contribution in [3.8, 4) is 0 Å². The van der Waals surface area contributed by atoms with Crippen molar-refractivity contribution in [1.29, 1.82) is 0 Å². The number of hydrogen-bond donors (Lipinski definition) is 5. The van der Waals surface area contributed by atoms with Crippen LogP contribution >= 0.6 is 15.6 Å². The number of phosphoric ester groups is 2. The van der Waals surface area contributed by atoms with Gasteiger partial charge in [0.2, 0.25) is 0 Å². The van der Waals surface area contributed by atoms with Gasteiger partial charge in [-0.3, -0.25) is 32.4 Å². The number of nitrogens with zero attached hydrogens (tertiary/aromatic N) is 1. The van der Waals surface area contributed by atoms with Crippen LogP contribution in [0.4, 0.5) is 0 Å². The topological polar surface area (TPSA) is 225 Å². The van der Waals surface area contributed by atoms with Gasteiger partial charge in [0.1, 0.15) is 18.3 Å². The molecular formula is C18H32N2O14P2. The third-order valence-electron chi connectivity index (χ3n) is 4.95. The van der Waals surface area contributed by atoms with Crippen LogP contribution < -0.4 is 11.2 Å². The first-order chi connectivity index (χ1) is 17.0. The zero-order chi connectivity index (χ0) is 26.8. The average Bonchev–Trinajstić information content (AvgIpc) is 3.14. The molecule has 0 aliphatic carbocycles. The molecule has 6 atom stereocenters. The van der Waals surface area contributed by atoms with E-state index in [0.29, 0.717) is 19.3 Å². The van der Waals surface area contributed by atoms with Gasteiger partial charge in [0, 0.05) is 32.6 Å². The number of unbranched alkanes of at least 4 members (excludes halogenated alkanes) is 2. The maximum absolute atomic E-state index is 12.5. The summed E-state index contributed by atoms with van der Waals surface area (Å²) in [6.45, 7) is -1.33. The van der Waals surface area contributed by atoms with Crippen LogP contribution in [0.3, 0.4) is 0 Å². The van der Waals surface area contributed by atoms with Crippen molar-refractivity contribution in [3.05, 3.63) is 33.1 Å². The highest BCUT2D eigenvalue weighted by atomic mass is 31.2. The van der Waals surface area contributed by atoms with Crippen LogP contribution in [0.15, 0.2) is 21.9 Å². The molecule has 36 heavy (non-hydrogen) atoms. The fraction of sp³-hybridized carbons (Fsp3) is 0.778. The molecule has 1 saturated heterocycles. The Balaban J connectivity index is 2.22. The van der Waals surface area contributed by atoms with Crippen LogP contribution in [0.25, 0.3) is 0 Å². The molecule has 1 aromatic heterocycles. The molecule has 5 N–H and O–H groups in total. The summed E-state index contributed by atoms with van der Waals surface area (Å²) in [5.74, 6) is 0. The Bertz CT molecular complexity index is 1020. The second-order valence-electron chi connectivity index (χ2n) is 7.61. The van der Waals surface area contributed by atoms with E-state index in [-0.39, 0.29) is 32.8 Å². The van der Waals surface area contributed by atoms with E-state index in [2.05, 4.69) is 0 Å². The lowest BCUT2D eigenvalue weighted by Gasteiger charge is -2.25. The van der Waals surface area contributed by atoms with Gasteiger partial charge in [-0.25, -0.2) is 13.9 Å². The molecule has 16 nitrogen and oxygen atoms in total. The fourth-order valence-electron chi connectivity index (χ4n) is 3.25. The van der Waals surface area contributed by atoms with E-state index in [9.17, 15) is 28.5 Å². The number of aliphatic hydroxyl groups is 2. The molecule has 1 aliphatic rings.